The number of aliphatic hydroxyl groups is 2. The van der Waals surface area contributed by atoms with E-state index in [1.165, 1.54) is 32.0 Å². The second kappa shape index (κ2) is 12.0. The highest BCUT2D eigenvalue weighted by atomic mass is 32.1. The number of hydrogen-bond acceptors (Lipinski definition) is 8. The van der Waals surface area contributed by atoms with Crippen molar-refractivity contribution in [2.75, 3.05) is 18.4 Å². The average molecular weight is 574 g/mol. The zero-order valence-corrected chi connectivity index (χ0v) is 23.3. The molecule has 0 fully saturated rings. The van der Waals surface area contributed by atoms with E-state index in [0.29, 0.717) is 21.1 Å². The maximum atomic E-state index is 14.9. The van der Waals surface area contributed by atoms with Crippen molar-refractivity contribution in [2.24, 2.45) is 5.73 Å². The van der Waals surface area contributed by atoms with Crippen molar-refractivity contribution in [1.29, 1.82) is 0 Å². The van der Waals surface area contributed by atoms with Crippen LogP contribution < -0.4 is 16.4 Å². The Balaban J connectivity index is 1.81. The van der Waals surface area contributed by atoms with E-state index in [-0.39, 0.29) is 30.0 Å². The van der Waals surface area contributed by atoms with Gasteiger partial charge in [0.1, 0.15) is 23.2 Å². The van der Waals surface area contributed by atoms with Gasteiger partial charge in [0.25, 0.3) is 5.91 Å². The zero-order valence-electron chi connectivity index (χ0n) is 22.5. The van der Waals surface area contributed by atoms with Gasteiger partial charge in [0.15, 0.2) is 0 Å². The van der Waals surface area contributed by atoms with Crippen LogP contribution in [0.1, 0.15) is 49.3 Å². The summed E-state index contributed by atoms with van der Waals surface area (Å²) in [6.45, 7) is 5.38. The highest BCUT2D eigenvalue weighted by Gasteiger charge is 2.22. The molecule has 0 saturated heterocycles. The molecule has 0 aliphatic heterocycles. The van der Waals surface area contributed by atoms with Crippen LogP contribution in [0, 0.1) is 5.82 Å². The quantitative estimate of drug-likeness (QED) is 0.202. The van der Waals surface area contributed by atoms with E-state index >= 15 is 0 Å². The molecule has 0 radical (unpaired) electrons. The summed E-state index contributed by atoms with van der Waals surface area (Å²) in [5, 5.41) is 35.2. The highest BCUT2D eigenvalue weighted by Crippen LogP contribution is 2.38. The lowest BCUT2D eigenvalue weighted by molar-refractivity contribution is -0.123. The third-order valence-corrected chi connectivity index (χ3v) is 6.75. The molecule has 11 nitrogen and oxygen atoms in total. The highest BCUT2D eigenvalue weighted by molar-refractivity contribution is 7.20. The number of aromatic nitrogens is 1. The van der Waals surface area contributed by atoms with Crippen LogP contribution in [0.25, 0.3) is 10.4 Å². The average Bonchev–Trinajstić information content (AvgIpc) is 3.25. The number of nitrogens with one attached hydrogen (secondary N) is 2. The first-order valence-corrected chi connectivity index (χ1v) is 13.0. The van der Waals surface area contributed by atoms with E-state index < -0.39 is 41.5 Å². The Morgan fingerprint density at radius 2 is 1.80 bits per heavy atom. The molecule has 3 rings (SSSR count). The van der Waals surface area contributed by atoms with E-state index in [2.05, 4.69) is 15.6 Å². The fraction of sp³-hybridized carbons (Fsp3) is 0.333. The number of hydrogen-bond donors (Lipinski definition) is 6. The number of thiophene rings is 1. The number of primary amides is 1. The van der Waals surface area contributed by atoms with Crippen LogP contribution in [-0.4, -0.2) is 61.8 Å². The number of pyridine rings is 1. The lowest BCUT2D eigenvalue weighted by Gasteiger charge is -2.21. The van der Waals surface area contributed by atoms with Crippen molar-refractivity contribution in [3.05, 3.63) is 65.1 Å². The van der Waals surface area contributed by atoms with Crippen molar-refractivity contribution in [3.63, 3.8) is 0 Å². The van der Waals surface area contributed by atoms with Gasteiger partial charge in [-0.25, -0.2) is 14.2 Å². The molecule has 0 aliphatic rings. The number of nitrogens with two attached hydrogens (primary N) is 1. The van der Waals surface area contributed by atoms with Gasteiger partial charge < -0.3 is 31.7 Å². The minimum atomic E-state index is -1.34. The second-order valence-electron chi connectivity index (χ2n) is 10.3. The molecule has 40 heavy (non-hydrogen) atoms. The van der Waals surface area contributed by atoms with Crippen LogP contribution in [0.4, 0.5) is 20.0 Å². The standard InChI is InChI=1S/C27H32FN5O6S/c1-26(2,38)14-30-22(34)13-33(25(36)37)12-16-6-5-7-21(31-16)32-24-18(23(29)35)11-20(40-24)17-9-8-15(10-19(17)28)27(3,4)39/h5-11,38-39H,12-14H2,1-4H3,(H2,29,35)(H,30,34)(H,31,32)(H,36,37). The molecule has 0 saturated carbocycles. The first-order valence-electron chi connectivity index (χ1n) is 12.2. The summed E-state index contributed by atoms with van der Waals surface area (Å²) in [4.78, 5) is 41.7. The Bertz CT molecular complexity index is 1410. The Hall–Kier alpha value is -4.07. The Labute approximate surface area is 234 Å². The molecule has 3 aromatic rings. The Morgan fingerprint density at radius 3 is 2.38 bits per heavy atom. The van der Waals surface area contributed by atoms with E-state index in [1.54, 1.807) is 38.1 Å². The molecule has 2 heterocycles. The summed E-state index contributed by atoms with van der Waals surface area (Å²) in [6, 6.07) is 10.6. The van der Waals surface area contributed by atoms with Gasteiger partial charge >= 0.3 is 6.09 Å². The third-order valence-electron chi connectivity index (χ3n) is 5.66. The van der Waals surface area contributed by atoms with Crippen molar-refractivity contribution in [2.45, 2.75) is 45.4 Å². The minimum Gasteiger partial charge on any atom is -0.465 e. The largest absolute Gasteiger partial charge is 0.465 e. The first-order chi connectivity index (χ1) is 18.5. The minimum absolute atomic E-state index is 0.0462. The summed E-state index contributed by atoms with van der Waals surface area (Å²) in [5.41, 5.74) is 4.21. The van der Waals surface area contributed by atoms with E-state index in [4.69, 9.17) is 5.73 Å². The fourth-order valence-electron chi connectivity index (χ4n) is 3.58. The predicted molar refractivity (Wildman–Crippen MR) is 149 cm³/mol. The van der Waals surface area contributed by atoms with Gasteiger partial charge in [0.05, 0.1) is 29.0 Å². The van der Waals surface area contributed by atoms with Crippen molar-refractivity contribution in [1.82, 2.24) is 15.2 Å². The maximum absolute atomic E-state index is 14.9. The van der Waals surface area contributed by atoms with Gasteiger partial charge in [0.2, 0.25) is 5.91 Å². The number of anilines is 2. The summed E-state index contributed by atoms with van der Waals surface area (Å²) in [6.07, 6.45) is -1.34. The number of carbonyl (C=O) groups is 3. The van der Waals surface area contributed by atoms with Gasteiger partial charge in [0, 0.05) is 17.0 Å². The normalized spacial score (nSPS) is 11.7. The number of nitrogens with zero attached hydrogens (tertiary/aromatic N) is 2. The van der Waals surface area contributed by atoms with E-state index in [1.807, 2.05) is 0 Å². The molecule has 0 bridgehead atoms. The first kappa shape index (κ1) is 30.5. The summed E-state index contributed by atoms with van der Waals surface area (Å²) in [7, 11) is 0. The zero-order chi connectivity index (χ0) is 29.8. The molecule has 2 aromatic heterocycles. The molecule has 214 valence electrons. The molecular formula is C27H32FN5O6S. The molecule has 13 heteroatoms. The SMILES string of the molecule is CC(C)(O)CNC(=O)CN(Cc1cccc(Nc2sc(-c3ccc(C(C)(C)O)cc3F)cc2C(N)=O)n1)C(=O)O. The van der Waals surface area contributed by atoms with Crippen molar-refractivity contribution >= 4 is 40.1 Å². The van der Waals surface area contributed by atoms with E-state index in [9.17, 15) is 34.1 Å². The third kappa shape index (κ3) is 8.21. The number of amides is 3. The topological polar surface area (TPSA) is 178 Å². The monoisotopic (exact) mass is 573 g/mol. The van der Waals surface area contributed by atoms with Gasteiger partial charge in [-0.1, -0.05) is 18.2 Å². The Morgan fingerprint density at radius 1 is 1.10 bits per heavy atom. The molecule has 0 atom stereocenters. The smallest absolute Gasteiger partial charge is 0.408 e. The van der Waals surface area contributed by atoms with Gasteiger partial charge in [-0.2, -0.15) is 0 Å². The van der Waals surface area contributed by atoms with Gasteiger partial charge in [-0.15, -0.1) is 11.3 Å². The van der Waals surface area contributed by atoms with Crippen LogP contribution in [0.2, 0.25) is 0 Å². The van der Waals surface area contributed by atoms with Gasteiger partial charge in [-0.3, -0.25) is 14.5 Å². The number of halogens is 1. The van der Waals surface area contributed by atoms with Crippen LogP contribution in [0.15, 0.2) is 42.5 Å². The number of rotatable bonds is 11. The van der Waals surface area contributed by atoms with Gasteiger partial charge in [-0.05, 0) is 57.5 Å². The van der Waals surface area contributed by atoms with Crippen LogP contribution >= 0.6 is 11.3 Å². The van der Waals surface area contributed by atoms with Crippen molar-refractivity contribution < 1.29 is 34.1 Å². The summed E-state index contributed by atoms with van der Waals surface area (Å²) >= 11 is 1.07. The summed E-state index contributed by atoms with van der Waals surface area (Å²) in [5.74, 6) is -1.64. The van der Waals surface area contributed by atoms with E-state index in [0.717, 1.165) is 16.2 Å². The predicted octanol–water partition coefficient (Wildman–Crippen LogP) is 3.39. The lowest BCUT2D eigenvalue weighted by Crippen LogP contribution is -2.44. The molecule has 1 aromatic carbocycles. The summed E-state index contributed by atoms with van der Waals surface area (Å²) < 4.78 is 14.9. The molecule has 0 unspecified atom stereocenters. The molecule has 7 N–H and O–H groups in total. The lowest BCUT2D eigenvalue weighted by atomic mass is 9.96. The number of carbonyl (C=O) groups excluding carboxylic acids is 2. The van der Waals surface area contributed by atoms with Crippen molar-refractivity contribution in [3.8, 4) is 10.4 Å². The van der Waals surface area contributed by atoms with Crippen LogP contribution in [0.5, 0.6) is 0 Å². The Kier molecular flexibility index (Phi) is 9.13. The molecule has 0 aliphatic carbocycles. The number of carboxylic acid groups (broad SMARTS) is 1. The molecule has 3 amide bonds. The van der Waals surface area contributed by atoms with Crippen LogP contribution in [-0.2, 0) is 16.9 Å². The van der Waals surface area contributed by atoms with Crippen LogP contribution in [0.3, 0.4) is 0 Å². The molecule has 0 spiro atoms. The fourth-order valence-corrected chi connectivity index (χ4v) is 4.68. The second-order valence-corrected chi connectivity index (χ2v) is 11.4. The molecular weight excluding hydrogens is 541 g/mol. The number of benzene rings is 1. The maximum Gasteiger partial charge on any atom is 0.408 e.